The second kappa shape index (κ2) is 9.46. The summed E-state index contributed by atoms with van der Waals surface area (Å²) in [5, 5.41) is 0.374. The normalized spacial score (nSPS) is 17.9. The minimum Gasteiger partial charge on any atom is -0.454 e. The molecule has 3 aromatic rings. The van der Waals surface area contributed by atoms with Crippen LogP contribution in [0.4, 0.5) is 0 Å². The van der Waals surface area contributed by atoms with Crippen LogP contribution < -0.4 is 20.7 Å². The Balaban J connectivity index is 1.31. The van der Waals surface area contributed by atoms with Gasteiger partial charge in [0.15, 0.2) is 17.3 Å². The molecule has 0 saturated carbocycles. The van der Waals surface area contributed by atoms with Gasteiger partial charge >= 0.3 is 5.69 Å². The maximum atomic E-state index is 13.0. The monoisotopic (exact) mass is 463 g/mol. The molecule has 1 saturated heterocycles. The fourth-order valence-electron chi connectivity index (χ4n) is 4.87. The number of hydrogen-bond donors (Lipinski definition) is 1. The predicted octanol–water partition coefficient (Wildman–Crippen LogP) is 3.30. The number of aromatic nitrogens is 2. The molecule has 1 unspecified atom stereocenters. The van der Waals surface area contributed by atoms with Gasteiger partial charge in [-0.05, 0) is 69.1 Å². The van der Waals surface area contributed by atoms with E-state index in [-0.39, 0.29) is 19.1 Å². The van der Waals surface area contributed by atoms with Crippen molar-refractivity contribution in [2.75, 3.05) is 19.9 Å². The molecule has 1 fully saturated rings. The van der Waals surface area contributed by atoms with E-state index in [0.717, 1.165) is 29.6 Å². The number of nitrogens with zero attached hydrogens (tertiary/aromatic N) is 2. The van der Waals surface area contributed by atoms with Crippen molar-refractivity contribution in [2.24, 2.45) is 0 Å². The summed E-state index contributed by atoms with van der Waals surface area (Å²) < 4.78 is 11.8. The number of carbonyl (C=O) groups is 1. The Bertz CT molecular complexity index is 1340. The summed E-state index contributed by atoms with van der Waals surface area (Å²) in [5.41, 5.74) is 0.745. The molecule has 8 heteroatoms. The number of nitrogens with one attached hydrogen (secondary N) is 1. The van der Waals surface area contributed by atoms with Crippen LogP contribution >= 0.6 is 0 Å². The lowest BCUT2D eigenvalue weighted by Crippen LogP contribution is -2.38. The average molecular weight is 464 g/mol. The van der Waals surface area contributed by atoms with E-state index in [1.165, 1.54) is 19.3 Å². The zero-order valence-corrected chi connectivity index (χ0v) is 19.3. The first kappa shape index (κ1) is 22.4. The van der Waals surface area contributed by atoms with Crippen LogP contribution in [0.2, 0.25) is 0 Å². The predicted molar refractivity (Wildman–Crippen MR) is 129 cm³/mol. The van der Waals surface area contributed by atoms with Gasteiger partial charge in [-0.25, -0.2) is 4.79 Å². The third-order valence-electron chi connectivity index (χ3n) is 6.87. The zero-order valence-electron chi connectivity index (χ0n) is 19.3. The topological polar surface area (TPSA) is 93.6 Å². The van der Waals surface area contributed by atoms with Crippen LogP contribution in [-0.4, -0.2) is 46.2 Å². The summed E-state index contributed by atoms with van der Waals surface area (Å²) in [6.45, 7) is 4.54. The summed E-state index contributed by atoms with van der Waals surface area (Å²) in [5.74, 6) is 1.27. The summed E-state index contributed by atoms with van der Waals surface area (Å²) >= 11 is 0. The minimum atomic E-state index is -0.515. The van der Waals surface area contributed by atoms with E-state index in [1.807, 2.05) is 0 Å². The van der Waals surface area contributed by atoms with E-state index >= 15 is 0 Å². The smallest absolute Gasteiger partial charge is 0.329 e. The lowest BCUT2D eigenvalue weighted by Gasteiger charge is -2.33. The van der Waals surface area contributed by atoms with Gasteiger partial charge in [0, 0.05) is 18.0 Å². The number of aromatic amines is 1. The van der Waals surface area contributed by atoms with Crippen molar-refractivity contribution < 1.29 is 14.3 Å². The van der Waals surface area contributed by atoms with Crippen LogP contribution in [0.1, 0.15) is 54.9 Å². The van der Waals surface area contributed by atoms with Crippen LogP contribution in [0.3, 0.4) is 0 Å². The number of piperidine rings is 1. The molecule has 0 spiro atoms. The second-order valence-corrected chi connectivity index (χ2v) is 9.18. The summed E-state index contributed by atoms with van der Waals surface area (Å²) in [7, 11) is 0. The first-order valence-corrected chi connectivity index (χ1v) is 11.9. The molecule has 3 heterocycles. The molecule has 2 aromatic carbocycles. The van der Waals surface area contributed by atoms with E-state index in [2.05, 4.69) is 16.8 Å². The van der Waals surface area contributed by atoms with Crippen LogP contribution in [-0.2, 0) is 6.54 Å². The fraction of sp³-hybridized carbons (Fsp3) is 0.423. The molecule has 2 aliphatic rings. The van der Waals surface area contributed by atoms with E-state index in [1.54, 1.807) is 36.4 Å². The highest BCUT2D eigenvalue weighted by atomic mass is 16.7. The Labute approximate surface area is 197 Å². The fourth-order valence-corrected chi connectivity index (χ4v) is 4.87. The number of hydrogen-bond acceptors (Lipinski definition) is 6. The molecule has 5 rings (SSSR count). The maximum absolute atomic E-state index is 13.0. The Hall–Kier alpha value is -3.39. The largest absolute Gasteiger partial charge is 0.454 e. The number of ether oxygens (including phenoxy) is 2. The highest BCUT2D eigenvalue weighted by Crippen LogP contribution is 2.32. The van der Waals surface area contributed by atoms with Gasteiger partial charge in [-0.3, -0.25) is 14.2 Å². The van der Waals surface area contributed by atoms with Gasteiger partial charge in [-0.15, -0.1) is 0 Å². The van der Waals surface area contributed by atoms with Gasteiger partial charge in [0.2, 0.25) is 6.79 Å². The Morgan fingerprint density at radius 1 is 1.09 bits per heavy atom. The Morgan fingerprint density at radius 2 is 1.94 bits per heavy atom. The van der Waals surface area contributed by atoms with Crippen molar-refractivity contribution in [3.63, 3.8) is 0 Å². The van der Waals surface area contributed by atoms with E-state index in [4.69, 9.17) is 9.47 Å². The van der Waals surface area contributed by atoms with Crippen molar-refractivity contribution in [1.29, 1.82) is 0 Å². The second-order valence-electron chi connectivity index (χ2n) is 9.18. The Kier molecular flexibility index (Phi) is 6.24. The van der Waals surface area contributed by atoms with Crippen molar-refractivity contribution in [3.05, 3.63) is 68.4 Å². The van der Waals surface area contributed by atoms with Gasteiger partial charge < -0.3 is 19.4 Å². The molecule has 2 aliphatic heterocycles. The molecule has 0 bridgehead atoms. The number of Topliss-reactive ketones (excluding diaryl/α,β-unsaturated/α-hetero) is 1. The van der Waals surface area contributed by atoms with Gasteiger partial charge in [0.1, 0.15) is 0 Å². The van der Waals surface area contributed by atoms with Crippen LogP contribution in [0, 0.1) is 0 Å². The van der Waals surface area contributed by atoms with Gasteiger partial charge in [0.05, 0.1) is 17.4 Å². The number of carbonyl (C=O) groups excluding carboxylic acids is 1. The molecule has 1 aromatic heterocycles. The molecule has 8 nitrogen and oxygen atoms in total. The third kappa shape index (κ3) is 4.50. The lowest BCUT2D eigenvalue weighted by molar-refractivity contribution is 0.0964. The van der Waals surface area contributed by atoms with Gasteiger partial charge in [-0.2, -0.15) is 0 Å². The van der Waals surface area contributed by atoms with Gasteiger partial charge in [-0.1, -0.05) is 18.6 Å². The average Bonchev–Trinajstić information content (AvgIpc) is 3.30. The molecule has 0 aliphatic carbocycles. The number of benzene rings is 2. The van der Waals surface area contributed by atoms with Crippen LogP contribution in [0.5, 0.6) is 11.5 Å². The lowest BCUT2D eigenvalue weighted by atomic mass is 10.0. The molecular weight excluding hydrogens is 434 g/mol. The van der Waals surface area contributed by atoms with Gasteiger partial charge in [0.25, 0.3) is 5.56 Å². The maximum Gasteiger partial charge on any atom is 0.329 e. The van der Waals surface area contributed by atoms with E-state index < -0.39 is 11.2 Å². The first-order chi connectivity index (χ1) is 16.5. The first-order valence-electron chi connectivity index (χ1n) is 11.9. The summed E-state index contributed by atoms with van der Waals surface area (Å²) in [6, 6.07) is 10.8. The molecular formula is C26H29N3O5. The Morgan fingerprint density at radius 3 is 2.79 bits per heavy atom. The molecule has 1 atom stereocenters. The highest BCUT2D eigenvalue weighted by molar-refractivity contribution is 5.99. The molecule has 0 radical (unpaired) electrons. The van der Waals surface area contributed by atoms with Crippen molar-refractivity contribution >= 4 is 16.7 Å². The van der Waals surface area contributed by atoms with E-state index in [0.29, 0.717) is 40.4 Å². The zero-order chi connectivity index (χ0) is 23.7. The number of fused-ring (bicyclic) bond motifs is 2. The molecule has 178 valence electrons. The van der Waals surface area contributed by atoms with Crippen molar-refractivity contribution in [1.82, 2.24) is 14.5 Å². The highest BCUT2D eigenvalue weighted by Gasteiger charge is 2.19. The summed E-state index contributed by atoms with van der Waals surface area (Å²) in [6.07, 6.45) is 4.97. The molecule has 1 N–H and O–H groups in total. The number of H-pyrrole nitrogens is 1. The number of ketones is 1. The van der Waals surface area contributed by atoms with Crippen LogP contribution in [0.25, 0.3) is 10.9 Å². The van der Waals surface area contributed by atoms with Crippen molar-refractivity contribution in [3.8, 4) is 11.5 Å². The molecule has 34 heavy (non-hydrogen) atoms. The summed E-state index contributed by atoms with van der Waals surface area (Å²) in [4.78, 5) is 43.7. The van der Waals surface area contributed by atoms with E-state index in [9.17, 15) is 14.4 Å². The molecule has 0 amide bonds. The third-order valence-corrected chi connectivity index (χ3v) is 6.87. The number of likely N-dealkylation sites (tertiary alicyclic amines) is 1. The number of rotatable bonds is 7. The SMILES string of the molecule is CC1CCCCN1CCCC(=O)c1ccc2c(=O)n(Cc3ccc4c(c3)OCO4)c(=O)[nH]c2c1. The van der Waals surface area contributed by atoms with Crippen molar-refractivity contribution in [2.45, 2.75) is 51.6 Å². The standard InChI is InChI=1S/C26H29N3O5/c1-17-5-2-3-11-28(17)12-4-6-22(30)19-8-9-20-21(14-19)27-26(32)29(25(20)31)15-18-7-10-23-24(13-18)34-16-33-23/h7-10,13-14,17H,2-6,11-12,15-16H2,1H3,(H,27,32). The quantitative estimate of drug-likeness (QED) is 0.541. The van der Waals surface area contributed by atoms with Crippen LogP contribution in [0.15, 0.2) is 46.0 Å². The minimum absolute atomic E-state index is 0.0250.